The molecule has 0 spiro atoms. The molecule has 44 heavy (non-hydrogen) atoms. The number of rotatable bonds is 25. The van der Waals surface area contributed by atoms with Crippen molar-refractivity contribution in [1.82, 2.24) is 0 Å². The summed E-state index contributed by atoms with van der Waals surface area (Å²) < 4.78 is 17.7. The molecule has 7 unspecified atom stereocenters. The number of aliphatic hydroxyl groups is 3. The van der Waals surface area contributed by atoms with E-state index in [1.165, 1.54) is 44.9 Å². The molecule has 3 heterocycles. The lowest BCUT2D eigenvalue weighted by molar-refractivity contribution is -0.139. The number of esters is 1. The number of aliphatic hydroxyl groups excluding tert-OH is 3. The molecule has 0 radical (unpaired) electrons. The van der Waals surface area contributed by atoms with Crippen LogP contribution in [0, 0.1) is 0 Å². The Bertz CT molecular complexity index is 801. The predicted molar refractivity (Wildman–Crippen MR) is 175 cm³/mol. The molecule has 3 aliphatic rings. The highest BCUT2D eigenvalue weighted by atomic mass is 16.6. The van der Waals surface area contributed by atoms with Crippen LogP contribution in [0.3, 0.4) is 0 Å². The highest BCUT2D eigenvalue weighted by Gasteiger charge is 2.40. The Hall–Kier alpha value is -0.990. The number of carbonyl (C=O) groups is 1. The molecule has 0 amide bonds. The van der Waals surface area contributed by atoms with Gasteiger partial charge in [0.2, 0.25) is 0 Å². The first-order valence-corrected chi connectivity index (χ1v) is 18.6. The monoisotopic (exact) mass is 622 g/mol. The Morgan fingerprint density at radius 1 is 0.659 bits per heavy atom. The Labute approximate surface area is 268 Å². The third-order valence-corrected chi connectivity index (χ3v) is 10.1. The number of hydrogen-bond acceptors (Lipinski definition) is 7. The first-order chi connectivity index (χ1) is 21.4. The Morgan fingerprint density at radius 3 is 1.64 bits per heavy atom. The molecule has 7 nitrogen and oxygen atoms in total. The van der Waals surface area contributed by atoms with Crippen LogP contribution in [0.25, 0.3) is 0 Å². The Morgan fingerprint density at radius 2 is 1.11 bits per heavy atom. The van der Waals surface area contributed by atoms with Crippen molar-refractivity contribution >= 4 is 5.97 Å². The van der Waals surface area contributed by atoms with E-state index in [9.17, 15) is 20.1 Å². The van der Waals surface area contributed by atoms with E-state index in [0.29, 0.717) is 6.42 Å². The van der Waals surface area contributed by atoms with Crippen LogP contribution in [0.15, 0.2) is 11.6 Å². The van der Waals surface area contributed by atoms with Crippen LogP contribution in [-0.4, -0.2) is 70.1 Å². The quantitative estimate of drug-likeness (QED) is 0.0703. The summed E-state index contributed by atoms with van der Waals surface area (Å²) in [7, 11) is 0. The molecule has 0 bridgehead atoms. The smallest absolute Gasteiger partial charge is 0.334 e. The molecule has 0 aromatic heterocycles. The molecule has 0 aliphatic carbocycles. The van der Waals surface area contributed by atoms with Crippen molar-refractivity contribution in [2.45, 2.75) is 217 Å². The molecule has 8 atom stereocenters. The zero-order valence-corrected chi connectivity index (χ0v) is 28.1. The lowest BCUT2D eigenvalue weighted by atomic mass is 9.99. The maximum atomic E-state index is 11.6. The lowest BCUT2D eigenvalue weighted by Crippen LogP contribution is -2.33. The van der Waals surface area contributed by atoms with Gasteiger partial charge in [-0.3, -0.25) is 0 Å². The van der Waals surface area contributed by atoms with Crippen LogP contribution < -0.4 is 0 Å². The van der Waals surface area contributed by atoms with Crippen molar-refractivity contribution in [3.8, 4) is 0 Å². The van der Waals surface area contributed by atoms with Crippen LogP contribution in [0.1, 0.15) is 168 Å². The van der Waals surface area contributed by atoms with Gasteiger partial charge in [-0.1, -0.05) is 96.8 Å². The van der Waals surface area contributed by atoms with Gasteiger partial charge < -0.3 is 29.5 Å². The van der Waals surface area contributed by atoms with Crippen molar-refractivity contribution in [2.75, 3.05) is 0 Å². The standard InChI is InChI=1S/C37H66O7/c1-3-4-5-6-7-8-12-15-21-31(39)33-23-25-35(43-33)36-26-24-34(44-36)32(40)22-17-16-20-30(38)19-14-11-9-10-13-18-29-27-28(2)42-37(29)41/h27-28,30-36,38-40H,3-26H2,1-2H3/t28-,30?,31?,32?,33?,34?,35?,36?/m0/s1. The minimum Gasteiger partial charge on any atom is -0.455 e. The summed E-state index contributed by atoms with van der Waals surface area (Å²) in [6.45, 7) is 4.14. The van der Waals surface area contributed by atoms with Crippen LogP contribution >= 0.6 is 0 Å². The van der Waals surface area contributed by atoms with E-state index >= 15 is 0 Å². The van der Waals surface area contributed by atoms with Gasteiger partial charge in [0, 0.05) is 5.57 Å². The molecule has 3 aliphatic heterocycles. The molecule has 3 rings (SSSR count). The molecule has 256 valence electrons. The zero-order valence-electron chi connectivity index (χ0n) is 28.1. The van der Waals surface area contributed by atoms with Crippen molar-refractivity contribution in [3.05, 3.63) is 11.6 Å². The zero-order chi connectivity index (χ0) is 31.6. The first kappa shape index (κ1) is 37.5. The van der Waals surface area contributed by atoms with Gasteiger partial charge in [-0.05, 0) is 77.2 Å². The summed E-state index contributed by atoms with van der Waals surface area (Å²) in [5, 5.41) is 31.8. The number of carbonyl (C=O) groups excluding carboxylic acids is 1. The van der Waals surface area contributed by atoms with Crippen LogP contribution in [0.4, 0.5) is 0 Å². The second-order valence-electron chi connectivity index (χ2n) is 14.0. The molecular weight excluding hydrogens is 556 g/mol. The largest absolute Gasteiger partial charge is 0.455 e. The molecular formula is C37H66O7. The number of ether oxygens (including phenoxy) is 3. The van der Waals surface area contributed by atoms with Crippen LogP contribution in [-0.2, 0) is 19.0 Å². The fourth-order valence-electron chi connectivity index (χ4n) is 7.27. The van der Waals surface area contributed by atoms with Gasteiger partial charge in [0.1, 0.15) is 6.10 Å². The number of hydrogen-bond donors (Lipinski definition) is 3. The van der Waals surface area contributed by atoms with E-state index in [1.54, 1.807) is 0 Å². The summed E-state index contributed by atoms with van der Waals surface area (Å²) in [5.41, 5.74) is 0.828. The second kappa shape index (κ2) is 21.7. The topological polar surface area (TPSA) is 105 Å². The van der Waals surface area contributed by atoms with Crippen LogP contribution in [0.2, 0.25) is 0 Å². The van der Waals surface area contributed by atoms with Gasteiger partial charge in [-0.25, -0.2) is 4.79 Å². The summed E-state index contributed by atoms with van der Waals surface area (Å²) in [4.78, 5) is 11.6. The molecule has 7 heteroatoms. The van der Waals surface area contributed by atoms with E-state index in [2.05, 4.69) is 6.92 Å². The van der Waals surface area contributed by atoms with Gasteiger partial charge in [0.05, 0.1) is 42.7 Å². The summed E-state index contributed by atoms with van der Waals surface area (Å²) in [6.07, 6.45) is 25.6. The van der Waals surface area contributed by atoms with Gasteiger partial charge in [-0.2, -0.15) is 0 Å². The third-order valence-electron chi connectivity index (χ3n) is 10.1. The van der Waals surface area contributed by atoms with E-state index in [1.807, 2.05) is 13.0 Å². The number of unbranched alkanes of at least 4 members (excludes halogenated alkanes) is 12. The molecule has 2 saturated heterocycles. The maximum Gasteiger partial charge on any atom is 0.334 e. The maximum absolute atomic E-state index is 11.6. The Balaban J connectivity index is 1.14. The van der Waals surface area contributed by atoms with E-state index in [4.69, 9.17) is 14.2 Å². The van der Waals surface area contributed by atoms with E-state index in [-0.39, 0.29) is 48.7 Å². The van der Waals surface area contributed by atoms with E-state index in [0.717, 1.165) is 108 Å². The van der Waals surface area contributed by atoms with Gasteiger partial charge in [0.25, 0.3) is 0 Å². The summed E-state index contributed by atoms with van der Waals surface area (Å²) >= 11 is 0. The molecule has 0 aromatic carbocycles. The van der Waals surface area contributed by atoms with Gasteiger partial charge in [0.15, 0.2) is 0 Å². The number of cyclic esters (lactones) is 1. The van der Waals surface area contributed by atoms with E-state index < -0.39 is 6.10 Å². The average Bonchev–Trinajstić information content (AvgIpc) is 3.76. The molecule has 3 N–H and O–H groups in total. The fourth-order valence-corrected chi connectivity index (χ4v) is 7.27. The third kappa shape index (κ3) is 14.2. The predicted octanol–water partition coefficient (Wildman–Crippen LogP) is 7.86. The molecule has 2 fully saturated rings. The minimum atomic E-state index is -0.466. The lowest BCUT2D eigenvalue weighted by Gasteiger charge is -2.24. The van der Waals surface area contributed by atoms with Crippen molar-refractivity contribution in [2.24, 2.45) is 0 Å². The average molecular weight is 623 g/mol. The van der Waals surface area contributed by atoms with Crippen LogP contribution in [0.5, 0.6) is 0 Å². The van der Waals surface area contributed by atoms with Crippen molar-refractivity contribution < 1.29 is 34.3 Å². The van der Waals surface area contributed by atoms with Gasteiger partial charge >= 0.3 is 5.97 Å². The fraction of sp³-hybridized carbons (Fsp3) is 0.919. The second-order valence-corrected chi connectivity index (χ2v) is 14.0. The first-order valence-electron chi connectivity index (χ1n) is 18.6. The Kier molecular flexibility index (Phi) is 18.5. The summed E-state index contributed by atoms with van der Waals surface area (Å²) in [6, 6.07) is 0. The highest BCUT2D eigenvalue weighted by molar-refractivity contribution is 5.90. The van der Waals surface area contributed by atoms with Crippen molar-refractivity contribution in [3.63, 3.8) is 0 Å². The molecule has 0 aromatic rings. The van der Waals surface area contributed by atoms with Gasteiger partial charge in [-0.15, -0.1) is 0 Å². The van der Waals surface area contributed by atoms with Crippen molar-refractivity contribution in [1.29, 1.82) is 0 Å². The normalized spacial score (nSPS) is 27.4. The summed E-state index contributed by atoms with van der Waals surface area (Å²) in [5.74, 6) is -0.152. The molecule has 0 saturated carbocycles. The SMILES string of the molecule is CCCCCCCCCCC(O)C1CCC(C2CCC(C(O)CCCCC(O)CCCCCCCC3=C[C@H](C)OC3=O)O2)O1. The highest BCUT2D eigenvalue weighted by Crippen LogP contribution is 2.34. The minimum absolute atomic E-state index is 0.0248.